The van der Waals surface area contributed by atoms with E-state index in [4.69, 9.17) is 28.3 Å². The van der Waals surface area contributed by atoms with Gasteiger partial charge in [0.1, 0.15) is 11.5 Å². The van der Waals surface area contributed by atoms with Crippen molar-refractivity contribution < 1.29 is 47.7 Å². The molecule has 0 heterocycles. The minimum absolute atomic E-state index is 0.00346. The second kappa shape index (κ2) is 20.6. The molecule has 250 valence electrons. The van der Waals surface area contributed by atoms with Crippen molar-refractivity contribution in [3.05, 3.63) is 99.1 Å². The largest absolute Gasteiger partial charge is 0.641 e. The van der Waals surface area contributed by atoms with Gasteiger partial charge in [0.25, 0.3) is 11.4 Å². The highest BCUT2D eigenvalue weighted by molar-refractivity contribution is 6.64. The molecule has 0 saturated heterocycles. The van der Waals surface area contributed by atoms with Crippen LogP contribution in [0.1, 0.15) is 51.4 Å². The number of unbranched alkanes of at least 4 members (excludes halogenated alkanes) is 6. The third-order valence-electron chi connectivity index (χ3n) is 6.63. The minimum atomic E-state index is -1.34. The maximum atomic E-state index is 12.3. The Balaban J connectivity index is 1.25. The fraction of sp³-hybridized carbons (Fsp3) is 0.375. The molecule has 0 amide bonds. The second-order valence-electron chi connectivity index (χ2n) is 10.2. The molecule has 0 aliphatic heterocycles. The summed E-state index contributed by atoms with van der Waals surface area (Å²) in [4.78, 5) is 45.1. The zero-order valence-electron chi connectivity index (χ0n) is 25.9. The fourth-order valence-corrected chi connectivity index (χ4v) is 4.15. The van der Waals surface area contributed by atoms with E-state index in [9.17, 15) is 29.8 Å². The number of nitro benzene ring substituents is 2. The predicted octanol–water partition coefficient (Wildman–Crippen LogP) is 6.78. The molecule has 0 radical (unpaired) electrons. The number of carbonyl (C=O) groups is 2. The molecule has 0 aromatic heterocycles. The van der Waals surface area contributed by atoms with Gasteiger partial charge in [-0.05, 0) is 75.6 Å². The van der Waals surface area contributed by atoms with Gasteiger partial charge in [0.15, 0.2) is 0 Å². The van der Waals surface area contributed by atoms with Crippen LogP contribution in [0, 0.1) is 20.2 Å². The number of non-ortho nitro benzene ring substituents is 2. The maximum absolute atomic E-state index is 12.3. The van der Waals surface area contributed by atoms with Crippen LogP contribution in [0.5, 0.6) is 11.5 Å². The topological polar surface area (TPSA) is 176 Å². The first-order valence-electron chi connectivity index (χ1n) is 15.3. The molecule has 0 bridgehead atoms. The highest BCUT2D eigenvalue weighted by Crippen LogP contribution is 2.19. The molecule has 3 aromatic rings. The molecule has 0 aliphatic carbocycles. The summed E-state index contributed by atoms with van der Waals surface area (Å²) >= 11 is 0. The number of benzene rings is 3. The summed E-state index contributed by atoms with van der Waals surface area (Å²) in [6.07, 6.45) is 3.92. The molecule has 0 N–H and O–H groups in total. The summed E-state index contributed by atoms with van der Waals surface area (Å²) in [5.74, 6) is 1.11. The Morgan fingerprint density at radius 1 is 0.532 bits per heavy atom. The Kier molecular flexibility index (Phi) is 15.9. The Hall–Kier alpha value is -5.34. The van der Waals surface area contributed by atoms with Crippen molar-refractivity contribution in [1.82, 2.24) is 0 Å². The summed E-state index contributed by atoms with van der Waals surface area (Å²) in [6, 6.07) is 20.2. The van der Waals surface area contributed by atoms with Gasteiger partial charge < -0.3 is 28.3 Å². The normalized spacial score (nSPS) is 10.4. The molecule has 14 nitrogen and oxygen atoms in total. The first kappa shape index (κ1) is 36.1. The summed E-state index contributed by atoms with van der Waals surface area (Å²) in [6.45, 7) is 1.14. The number of carbonyl (C=O) groups excluding carboxylic acids is 2. The minimum Gasteiger partial charge on any atom is -0.494 e. The smallest absolute Gasteiger partial charge is 0.494 e. The van der Waals surface area contributed by atoms with Gasteiger partial charge in [-0.1, -0.05) is 30.3 Å². The number of rotatable bonds is 21. The number of nitrogens with zero attached hydrogens (tertiary/aromatic N) is 2. The fourth-order valence-electron chi connectivity index (χ4n) is 4.15. The number of hydrogen-bond acceptors (Lipinski definition) is 12. The molecule has 0 atom stereocenters. The molecule has 3 rings (SSSR count). The van der Waals surface area contributed by atoms with E-state index >= 15 is 0 Å². The van der Waals surface area contributed by atoms with Crippen LogP contribution >= 0.6 is 0 Å². The highest BCUT2D eigenvalue weighted by Gasteiger charge is 2.32. The van der Waals surface area contributed by atoms with Crippen molar-refractivity contribution >= 4 is 36.3 Å². The van der Waals surface area contributed by atoms with Gasteiger partial charge in [-0.3, -0.25) is 20.2 Å². The lowest BCUT2D eigenvalue weighted by molar-refractivity contribution is -0.385. The first-order valence-corrected chi connectivity index (χ1v) is 15.3. The number of hydrogen-bond donors (Lipinski definition) is 0. The van der Waals surface area contributed by atoms with Crippen molar-refractivity contribution in [3.8, 4) is 11.5 Å². The predicted molar refractivity (Wildman–Crippen MR) is 171 cm³/mol. The number of ether oxygens (including phenoxy) is 4. The lowest BCUT2D eigenvalue weighted by atomic mass is 9.79. The summed E-state index contributed by atoms with van der Waals surface area (Å²) in [7, 11) is -1.34. The lowest BCUT2D eigenvalue weighted by Gasteiger charge is -2.14. The summed E-state index contributed by atoms with van der Waals surface area (Å²) in [5, 5.41) is 21.4. The van der Waals surface area contributed by atoms with Crippen molar-refractivity contribution in [3.63, 3.8) is 0 Å². The first-order chi connectivity index (χ1) is 22.8. The third kappa shape index (κ3) is 14.5. The zero-order chi connectivity index (χ0) is 33.7. The van der Waals surface area contributed by atoms with Crippen LogP contribution in [-0.2, 0) is 18.8 Å². The van der Waals surface area contributed by atoms with E-state index in [1.54, 1.807) is 54.6 Å². The monoisotopic (exact) mass is 652 g/mol. The van der Waals surface area contributed by atoms with Crippen LogP contribution in [0.25, 0.3) is 0 Å². The molecule has 0 aliphatic rings. The van der Waals surface area contributed by atoms with Crippen molar-refractivity contribution in [2.45, 2.75) is 51.4 Å². The molecular weight excluding hydrogens is 615 g/mol. The molecule has 0 spiro atoms. The van der Waals surface area contributed by atoms with Gasteiger partial charge in [0, 0.05) is 29.7 Å². The van der Waals surface area contributed by atoms with Crippen LogP contribution in [-0.4, -0.2) is 55.7 Å². The van der Waals surface area contributed by atoms with Gasteiger partial charge in [-0.15, -0.1) is 0 Å². The van der Waals surface area contributed by atoms with Crippen LogP contribution in [0.2, 0.25) is 0 Å². The molecular formula is C32H37BN2O12. The molecule has 47 heavy (non-hydrogen) atoms. The van der Waals surface area contributed by atoms with Gasteiger partial charge in [-0.25, -0.2) is 9.59 Å². The van der Waals surface area contributed by atoms with Gasteiger partial charge in [0.05, 0.1) is 36.3 Å². The molecule has 0 saturated carbocycles. The molecule has 0 fully saturated rings. The second-order valence-corrected chi connectivity index (χ2v) is 10.2. The van der Waals surface area contributed by atoms with Crippen molar-refractivity contribution in [2.75, 3.05) is 26.4 Å². The maximum Gasteiger partial charge on any atom is 0.641 e. The van der Waals surface area contributed by atoms with E-state index in [0.717, 1.165) is 38.5 Å². The Bertz CT molecular complexity index is 1300. The van der Waals surface area contributed by atoms with E-state index in [2.05, 4.69) is 0 Å². The van der Waals surface area contributed by atoms with Crippen molar-refractivity contribution in [1.29, 1.82) is 0 Å². The zero-order valence-corrected chi connectivity index (χ0v) is 25.9. The standard InChI is InChI=1S/C32H37BN2O12/c36-31(44-24-10-3-1-8-22-42-29-18-14-27(15-19-29)34(38)39)46-33(26-12-6-5-7-13-26)47-32(37)45-25-11-4-2-9-23-43-30-20-16-28(17-21-30)35(40)41/h5-7,12-21H,1-4,8-11,22-25H2. The van der Waals surface area contributed by atoms with Crippen LogP contribution in [0.4, 0.5) is 21.0 Å². The SMILES string of the molecule is O=C(OCCCCCCOc1ccc([N+](=O)[O-])cc1)OB(OC(=O)OCCCCCCOc1ccc([N+](=O)[O-])cc1)c1ccccc1. The lowest BCUT2D eigenvalue weighted by Crippen LogP contribution is -2.41. The van der Waals surface area contributed by atoms with Gasteiger partial charge >= 0.3 is 19.4 Å². The molecule has 0 unspecified atom stereocenters. The van der Waals surface area contributed by atoms with E-state index in [1.165, 1.54) is 24.3 Å². The van der Waals surface area contributed by atoms with Crippen LogP contribution in [0.15, 0.2) is 78.9 Å². The van der Waals surface area contributed by atoms with E-state index in [0.29, 0.717) is 43.0 Å². The van der Waals surface area contributed by atoms with E-state index < -0.39 is 29.3 Å². The highest BCUT2D eigenvalue weighted by atomic mass is 16.8. The van der Waals surface area contributed by atoms with E-state index in [-0.39, 0.29) is 24.6 Å². The van der Waals surface area contributed by atoms with Gasteiger partial charge in [0.2, 0.25) is 0 Å². The third-order valence-corrected chi connectivity index (χ3v) is 6.63. The van der Waals surface area contributed by atoms with Crippen LogP contribution < -0.4 is 14.9 Å². The Labute approximate surface area is 272 Å². The quantitative estimate of drug-likeness (QED) is 0.0388. The Morgan fingerprint density at radius 2 is 0.915 bits per heavy atom. The molecule has 15 heteroatoms. The average molecular weight is 652 g/mol. The van der Waals surface area contributed by atoms with Crippen LogP contribution in [0.3, 0.4) is 0 Å². The van der Waals surface area contributed by atoms with Crippen molar-refractivity contribution in [2.24, 2.45) is 0 Å². The number of nitro groups is 2. The average Bonchev–Trinajstić information content (AvgIpc) is 3.07. The molecule has 3 aromatic carbocycles. The van der Waals surface area contributed by atoms with E-state index in [1.807, 2.05) is 0 Å². The summed E-state index contributed by atoms with van der Waals surface area (Å²) < 4.78 is 32.0. The summed E-state index contributed by atoms with van der Waals surface area (Å²) in [5.41, 5.74) is 0.440. The van der Waals surface area contributed by atoms with Gasteiger partial charge in [-0.2, -0.15) is 0 Å². The Morgan fingerprint density at radius 3 is 1.30 bits per heavy atom.